The van der Waals surface area contributed by atoms with Gasteiger partial charge in [-0.25, -0.2) is 5.43 Å². The van der Waals surface area contributed by atoms with Crippen LogP contribution in [0.25, 0.3) is 0 Å². The number of phenolic OH excluding ortho intramolecular Hbond substituents is 1. The van der Waals surface area contributed by atoms with E-state index in [1.165, 1.54) is 20.0 Å². The summed E-state index contributed by atoms with van der Waals surface area (Å²) in [5.74, 6) is 1.04. The second-order valence-corrected chi connectivity index (χ2v) is 7.48. The van der Waals surface area contributed by atoms with E-state index in [9.17, 15) is 9.90 Å². The van der Waals surface area contributed by atoms with Gasteiger partial charge in [-0.3, -0.25) is 4.79 Å². The molecule has 2 N–H and O–H groups in total. The minimum atomic E-state index is 0.0143. The van der Waals surface area contributed by atoms with E-state index in [1.54, 1.807) is 18.3 Å². The van der Waals surface area contributed by atoms with E-state index >= 15 is 0 Å². The van der Waals surface area contributed by atoms with Crippen LogP contribution < -0.4 is 10.2 Å². The molecule has 2 saturated carbocycles. The molecular formula is C17H21BrN2O3. The average molecular weight is 381 g/mol. The van der Waals surface area contributed by atoms with Crippen molar-refractivity contribution in [1.82, 2.24) is 5.43 Å². The van der Waals surface area contributed by atoms with Crippen molar-refractivity contribution in [3.63, 3.8) is 0 Å². The predicted octanol–water partition coefficient (Wildman–Crippen LogP) is 3.44. The van der Waals surface area contributed by atoms with Gasteiger partial charge in [-0.15, -0.1) is 0 Å². The number of benzene rings is 1. The van der Waals surface area contributed by atoms with Gasteiger partial charge in [0.05, 0.1) is 17.8 Å². The van der Waals surface area contributed by atoms with Crippen LogP contribution in [0.2, 0.25) is 0 Å². The monoisotopic (exact) mass is 380 g/mol. The highest BCUT2D eigenvalue weighted by Crippen LogP contribution is 2.66. The Morgan fingerprint density at radius 3 is 2.96 bits per heavy atom. The lowest BCUT2D eigenvalue weighted by Crippen LogP contribution is -2.22. The molecular weight excluding hydrogens is 360 g/mol. The molecule has 2 fully saturated rings. The zero-order chi connectivity index (χ0) is 16.6. The average Bonchev–Trinajstić information content (AvgIpc) is 3.16. The molecule has 1 amide bonds. The molecule has 3 rings (SSSR count). The molecule has 0 heterocycles. The molecule has 0 radical (unpaired) electrons. The van der Waals surface area contributed by atoms with Crippen LogP contribution in [0.5, 0.6) is 11.5 Å². The van der Waals surface area contributed by atoms with E-state index < -0.39 is 0 Å². The van der Waals surface area contributed by atoms with Gasteiger partial charge in [0, 0.05) is 5.92 Å². The van der Waals surface area contributed by atoms with Crippen LogP contribution in [0.4, 0.5) is 0 Å². The van der Waals surface area contributed by atoms with Crippen LogP contribution in [0.1, 0.15) is 38.2 Å². The fraction of sp³-hybridized carbons (Fsp3) is 0.529. The molecule has 3 atom stereocenters. The number of phenols is 1. The number of carbonyl (C=O) groups excluding carboxylic acids is 1. The quantitative estimate of drug-likeness (QED) is 0.620. The molecule has 2 aliphatic carbocycles. The van der Waals surface area contributed by atoms with Crippen molar-refractivity contribution >= 4 is 28.1 Å². The van der Waals surface area contributed by atoms with E-state index in [0.717, 1.165) is 18.4 Å². The topological polar surface area (TPSA) is 70.9 Å². The number of aromatic hydroxyl groups is 1. The van der Waals surface area contributed by atoms with Crippen LogP contribution >= 0.6 is 15.9 Å². The Morgan fingerprint density at radius 2 is 2.30 bits per heavy atom. The van der Waals surface area contributed by atoms with Crippen molar-refractivity contribution in [1.29, 1.82) is 0 Å². The van der Waals surface area contributed by atoms with Crippen molar-refractivity contribution in [3.05, 3.63) is 22.2 Å². The van der Waals surface area contributed by atoms with Gasteiger partial charge in [0.25, 0.3) is 0 Å². The van der Waals surface area contributed by atoms with Gasteiger partial charge in [0.2, 0.25) is 5.91 Å². The highest BCUT2D eigenvalue weighted by atomic mass is 79.9. The molecule has 6 heteroatoms. The summed E-state index contributed by atoms with van der Waals surface area (Å²) in [5, 5.41) is 13.8. The van der Waals surface area contributed by atoms with E-state index in [0.29, 0.717) is 16.1 Å². The third-order valence-corrected chi connectivity index (χ3v) is 5.88. The van der Waals surface area contributed by atoms with Crippen molar-refractivity contribution in [2.24, 2.45) is 22.4 Å². The van der Waals surface area contributed by atoms with Crippen LogP contribution in [0.3, 0.4) is 0 Å². The Hall–Kier alpha value is -1.56. The number of nitrogens with one attached hydrogen (secondary N) is 1. The first-order valence-electron chi connectivity index (χ1n) is 7.87. The maximum absolute atomic E-state index is 12.3. The molecule has 1 aromatic carbocycles. The van der Waals surface area contributed by atoms with E-state index in [1.807, 2.05) is 0 Å². The second kappa shape index (κ2) is 6.15. The number of methoxy groups -OCH3 is 1. The molecule has 0 unspecified atom stereocenters. The maximum Gasteiger partial charge on any atom is 0.244 e. The Morgan fingerprint density at radius 1 is 1.52 bits per heavy atom. The standard InChI is InChI=1S/C17H21BrN2O3/c1-17-6-4-3-5-11(17)14(17)16(22)20-19-9-10-7-12(18)15(21)13(8-10)23-2/h7-9,11,14,21H,3-6H2,1-2H3,(H,20,22)/b19-9+/t11-,14+,17-/m1/s1. The van der Waals surface area contributed by atoms with Crippen molar-refractivity contribution in [2.45, 2.75) is 32.6 Å². The number of fused-ring (bicyclic) bond motifs is 1. The largest absolute Gasteiger partial charge is 0.503 e. The summed E-state index contributed by atoms with van der Waals surface area (Å²) in [6, 6.07) is 3.37. The normalized spacial score (nSPS) is 29.2. The summed E-state index contributed by atoms with van der Waals surface area (Å²) in [4.78, 5) is 12.3. The van der Waals surface area contributed by atoms with Crippen LogP contribution in [-0.4, -0.2) is 24.3 Å². The highest BCUT2D eigenvalue weighted by Gasteiger charge is 2.64. The fourth-order valence-corrected chi connectivity index (χ4v) is 4.37. The van der Waals surface area contributed by atoms with Crippen LogP contribution in [-0.2, 0) is 4.79 Å². The molecule has 0 saturated heterocycles. The number of rotatable bonds is 4. The molecule has 23 heavy (non-hydrogen) atoms. The lowest BCUT2D eigenvalue weighted by molar-refractivity contribution is -0.123. The molecule has 0 spiro atoms. The summed E-state index contributed by atoms with van der Waals surface area (Å²) in [7, 11) is 1.49. The minimum absolute atomic E-state index is 0.0143. The number of hydrazone groups is 1. The Balaban J connectivity index is 1.63. The molecule has 124 valence electrons. The fourth-order valence-electron chi connectivity index (χ4n) is 3.91. The lowest BCUT2D eigenvalue weighted by atomic mass is 9.90. The van der Waals surface area contributed by atoms with Gasteiger partial charge >= 0.3 is 0 Å². The summed E-state index contributed by atoms with van der Waals surface area (Å²) in [5.41, 5.74) is 3.57. The zero-order valence-electron chi connectivity index (χ0n) is 13.3. The number of hydrogen-bond acceptors (Lipinski definition) is 4. The first-order chi connectivity index (χ1) is 11.0. The summed E-state index contributed by atoms with van der Waals surface area (Å²) in [6.45, 7) is 2.22. The minimum Gasteiger partial charge on any atom is -0.503 e. The third-order valence-electron chi connectivity index (χ3n) is 5.27. The molecule has 0 aromatic heterocycles. The van der Waals surface area contributed by atoms with Gasteiger partial charge in [0.15, 0.2) is 11.5 Å². The number of nitrogens with zero attached hydrogens (tertiary/aromatic N) is 1. The van der Waals surface area contributed by atoms with Gasteiger partial charge in [-0.2, -0.15) is 5.10 Å². The Kier molecular flexibility index (Phi) is 4.36. The number of amides is 1. The first kappa shape index (κ1) is 16.3. The third kappa shape index (κ3) is 2.96. The first-order valence-corrected chi connectivity index (χ1v) is 8.66. The SMILES string of the molecule is COc1cc(/C=N/NC(=O)[C@@H]2[C@H]3CCCC[C@]32C)cc(Br)c1O. The van der Waals surface area contributed by atoms with Gasteiger partial charge in [-0.1, -0.05) is 19.8 Å². The number of halogens is 1. The zero-order valence-corrected chi connectivity index (χ0v) is 14.9. The number of hydrogen-bond donors (Lipinski definition) is 2. The predicted molar refractivity (Wildman–Crippen MR) is 91.7 cm³/mol. The van der Waals surface area contributed by atoms with Crippen LogP contribution in [0, 0.1) is 17.3 Å². The summed E-state index contributed by atoms with van der Waals surface area (Å²) >= 11 is 3.26. The molecule has 0 bridgehead atoms. The van der Waals surface area contributed by atoms with E-state index in [-0.39, 0.29) is 23.0 Å². The maximum atomic E-state index is 12.3. The second-order valence-electron chi connectivity index (χ2n) is 6.62. The van der Waals surface area contributed by atoms with Crippen molar-refractivity contribution in [3.8, 4) is 11.5 Å². The molecule has 0 aliphatic heterocycles. The smallest absolute Gasteiger partial charge is 0.244 e. The van der Waals surface area contributed by atoms with E-state index in [4.69, 9.17) is 4.74 Å². The number of carbonyl (C=O) groups is 1. The number of ether oxygens (including phenoxy) is 1. The highest BCUT2D eigenvalue weighted by molar-refractivity contribution is 9.10. The van der Waals surface area contributed by atoms with Crippen molar-refractivity contribution in [2.75, 3.05) is 7.11 Å². The van der Waals surface area contributed by atoms with Crippen LogP contribution in [0.15, 0.2) is 21.7 Å². The molecule has 2 aliphatic rings. The van der Waals surface area contributed by atoms with Gasteiger partial charge in [-0.05, 0) is 57.8 Å². The van der Waals surface area contributed by atoms with Gasteiger partial charge < -0.3 is 9.84 Å². The molecule has 5 nitrogen and oxygen atoms in total. The Bertz CT molecular complexity index is 661. The van der Waals surface area contributed by atoms with Gasteiger partial charge in [0.1, 0.15) is 0 Å². The summed E-state index contributed by atoms with van der Waals surface area (Å²) < 4.78 is 5.61. The molecule has 1 aromatic rings. The lowest BCUT2D eigenvalue weighted by Gasteiger charge is -2.15. The van der Waals surface area contributed by atoms with Crippen molar-refractivity contribution < 1.29 is 14.6 Å². The Labute approximate surface area is 144 Å². The summed E-state index contributed by atoms with van der Waals surface area (Å²) in [6.07, 6.45) is 6.30. The van der Waals surface area contributed by atoms with E-state index in [2.05, 4.69) is 33.4 Å².